The van der Waals surface area contributed by atoms with Crippen molar-refractivity contribution in [3.63, 3.8) is 0 Å². The second-order valence-corrected chi connectivity index (χ2v) is 18.1. The molecule has 0 spiro atoms. The third-order valence-electron chi connectivity index (χ3n) is 10.9. The van der Waals surface area contributed by atoms with Crippen LogP contribution in [0.3, 0.4) is 0 Å². The smallest absolute Gasteiger partial charge is 0.329 e. The first kappa shape index (κ1) is 44.1. The Morgan fingerprint density at radius 2 is 1.67 bits per heavy atom. The van der Waals surface area contributed by atoms with Crippen LogP contribution >= 0.6 is 11.8 Å². The Kier molecular flexibility index (Phi) is 15.6. The Morgan fingerprint density at radius 1 is 0.982 bits per heavy atom. The van der Waals surface area contributed by atoms with E-state index in [4.69, 9.17) is 14.5 Å². The van der Waals surface area contributed by atoms with Crippen molar-refractivity contribution >= 4 is 46.4 Å². The number of rotatable bonds is 4. The Hall–Kier alpha value is -3.65. The number of thioether (sulfide) groups is 1. The molecule has 4 rings (SSSR count). The van der Waals surface area contributed by atoms with Gasteiger partial charge in [0.1, 0.15) is 36.0 Å². The summed E-state index contributed by atoms with van der Waals surface area (Å²) in [5.74, 6) is -1.46. The number of amides is 4. The molecule has 1 aromatic rings. The maximum Gasteiger partial charge on any atom is 0.329 e. The van der Waals surface area contributed by atoms with Crippen LogP contribution in [0.25, 0.3) is 0 Å². The highest BCUT2D eigenvalue weighted by molar-refractivity contribution is 8.14. The lowest BCUT2D eigenvalue weighted by Gasteiger charge is -2.35. The number of hydrogen-bond acceptors (Lipinski definition) is 10. The van der Waals surface area contributed by atoms with E-state index in [-0.39, 0.29) is 48.5 Å². The fraction of sp³-hybridized carbons (Fsp3) is 0.707. The van der Waals surface area contributed by atoms with Gasteiger partial charge in [-0.05, 0) is 74.0 Å². The van der Waals surface area contributed by atoms with Gasteiger partial charge in [0.05, 0.1) is 24.3 Å². The van der Waals surface area contributed by atoms with Crippen molar-refractivity contribution in [3.05, 3.63) is 29.8 Å². The third-order valence-corrected chi connectivity index (χ3v) is 12.3. The molecule has 4 amide bonds. The van der Waals surface area contributed by atoms with Gasteiger partial charge < -0.3 is 35.4 Å². The van der Waals surface area contributed by atoms with Crippen LogP contribution in [0.2, 0.25) is 0 Å². The standard InChI is InChI=1S/C41H63N5O8S/c1-23(2)35-39(51)46-18-10-11-31(46)40(52)54-33(41(6,7)8)20-24(3)19-32(47)25(4)38-43-28(22-55-38)14-17-34(48)44-30(37(50)42-26(5)36(49)45-35)21-27-12-15-29(53-9)16-13-27/h12-13,15-16,23-26,28,30-33,35,47H,10-11,14,17-22H2,1-9H3,(H,42,50)(H,44,48)(H,45,49). The van der Waals surface area contributed by atoms with Crippen LogP contribution in [0.4, 0.5) is 0 Å². The molecule has 13 nitrogen and oxygen atoms in total. The van der Waals surface area contributed by atoms with Gasteiger partial charge in [-0.25, -0.2) is 4.79 Å². The van der Waals surface area contributed by atoms with E-state index in [2.05, 4.69) is 16.0 Å². The summed E-state index contributed by atoms with van der Waals surface area (Å²) in [6, 6.07) is 3.28. The van der Waals surface area contributed by atoms with E-state index >= 15 is 0 Å². The molecule has 9 atom stereocenters. The molecule has 55 heavy (non-hydrogen) atoms. The molecule has 2 bridgehead atoms. The minimum Gasteiger partial charge on any atom is -0.497 e. The molecule has 3 heterocycles. The zero-order chi connectivity index (χ0) is 40.6. The number of ether oxygens (including phenoxy) is 2. The van der Waals surface area contributed by atoms with E-state index in [1.807, 2.05) is 60.6 Å². The van der Waals surface area contributed by atoms with E-state index in [1.54, 1.807) is 31.0 Å². The van der Waals surface area contributed by atoms with Crippen molar-refractivity contribution < 1.29 is 38.6 Å². The van der Waals surface area contributed by atoms with Crippen molar-refractivity contribution in [3.8, 4) is 5.75 Å². The average Bonchev–Trinajstić information content (AvgIpc) is 3.82. The number of nitrogens with zero attached hydrogens (tertiary/aromatic N) is 2. The molecular formula is C41H63N5O8S. The summed E-state index contributed by atoms with van der Waals surface area (Å²) < 4.78 is 11.5. The lowest BCUT2D eigenvalue weighted by atomic mass is 9.81. The highest BCUT2D eigenvalue weighted by atomic mass is 32.2. The van der Waals surface area contributed by atoms with Gasteiger partial charge in [0, 0.05) is 31.1 Å². The molecule has 0 aromatic heterocycles. The summed E-state index contributed by atoms with van der Waals surface area (Å²) in [6.07, 6.45) is 1.72. The van der Waals surface area contributed by atoms with E-state index in [0.717, 1.165) is 10.6 Å². The topological polar surface area (TPSA) is 176 Å². The van der Waals surface area contributed by atoms with Crippen molar-refractivity contribution in [1.82, 2.24) is 20.9 Å². The van der Waals surface area contributed by atoms with Crippen LogP contribution < -0.4 is 20.7 Å². The fourth-order valence-electron chi connectivity index (χ4n) is 7.27. The normalized spacial score (nSPS) is 31.3. The van der Waals surface area contributed by atoms with Crippen molar-refractivity contribution in [2.75, 3.05) is 19.4 Å². The van der Waals surface area contributed by atoms with Crippen LogP contribution in [0.15, 0.2) is 29.3 Å². The summed E-state index contributed by atoms with van der Waals surface area (Å²) in [7, 11) is 1.56. The van der Waals surface area contributed by atoms with Crippen molar-refractivity contribution in [2.45, 2.75) is 143 Å². The largest absolute Gasteiger partial charge is 0.497 e. The number of carbonyl (C=O) groups is 5. The molecule has 306 valence electrons. The predicted octanol–water partition coefficient (Wildman–Crippen LogP) is 4.04. The second-order valence-electron chi connectivity index (χ2n) is 17.0. The van der Waals surface area contributed by atoms with Gasteiger partial charge >= 0.3 is 5.97 Å². The zero-order valence-electron chi connectivity index (χ0n) is 34.1. The maximum atomic E-state index is 14.1. The summed E-state index contributed by atoms with van der Waals surface area (Å²) in [5.41, 5.74) is 0.383. The molecule has 3 aliphatic heterocycles. The monoisotopic (exact) mass is 785 g/mol. The van der Waals surface area contributed by atoms with Gasteiger partial charge in [0.2, 0.25) is 23.6 Å². The maximum absolute atomic E-state index is 14.1. The Labute approximate surface area is 330 Å². The van der Waals surface area contributed by atoms with E-state index in [9.17, 15) is 29.1 Å². The molecular weight excluding hydrogens is 723 g/mol. The third kappa shape index (κ3) is 12.2. The summed E-state index contributed by atoms with van der Waals surface area (Å²) in [6.45, 7) is 15.6. The highest BCUT2D eigenvalue weighted by Gasteiger charge is 2.42. The van der Waals surface area contributed by atoms with Gasteiger partial charge in [-0.2, -0.15) is 0 Å². The van der Waals surface area contributed by atoms with Crippen LogP contribution in [0, 0.1) is 23.2 Å². The first-order valence-corrected chi connectivity index (χ1v) is 20.8. The molecule has 9 unspecified atom stereocenters. The lowest BCUT2D eigenvalue weighted by molar-refractivity contribution is -0.164. The van der Waals surface area contributed by atoms with E-state index < -0.39 is 59.6 Å². The minimum absolute atomic E-state index is 0.0152. The van der Waals surface area contributed by atoms with E-state index in [1.165, 1.54) is 11.8 Å². The summed E-state index contributed by atoms with van der Waals surface area (Å²) in [4.78, 5) is 75.0. The Bertz CT molecular complexity index is 1550. The number of hydrogen-bond donors (Lipinski definition) is 4. The summed E-state index contributed by atoms with van der Waals surface area (Å²) in [5, 5.41) is 20.6. The van der Waals surface area contributed by atoms with Crippen LogP contribution in [-0.4, -0.2) is 106 Å². The van der Waals surface area contributed by atoms with Gasteiger partial charge in [-0.1, -0.05) is 60.6 Å². The number of nitrogens with one attached hydrogen (secondary N) is 3. The number of benzene rings is 1. The quantitative estimate of drug-likeness (QED) is 0.329. The number of aliphatic hydroxyl groups is 1. The molecule has 4 N–H and O–H groups in total. The van der Waals surface area contributed by atoms with Gasteiger partial charge in [-0.3, -0.25) is 24.2 Å². The number of aliphatic imine (C=N–C) groups is 1. The molecule has 0 radical (unpaired) electrons. The minimum atomic E-state index is -1.04. The molecule has 1 fully saturated rings. The molecule has 1 aromatic carbocycles. The number of methoxy groups -OCH3 is 1. The highest BCUT2D eigenvalue weighted by Crippen LogP contribution is 2.34. The SMILES string of the molecule is COc1ccc(CC2NC(=O)CCC3CSC(=N3)C(C)C(O)CC(C)CC(C(C)(C)C)OC(=O)C3CCCN3C(=O)C(C(C)C)NC(=O)C(C)NC2=O)cc1. The fourth-order valence-corrected chi connectivity index (χ4v) is 8.52. The number of esters is 1. The van der Waals surface area contributed by atoms with E-state index in [0.29, 0.717) is 50.2 Å². The van der Waals surface area contributed by atoms with Crippen LogP contribution in [-0.2, 0) is 35.1 Å². The first-order chi connectivity index (χ1) is 25.9. The number of aliphatic hydroxyl groups excluding tert-OH is 1. The molecule has 3 aliphatic rings. The second kappa shape index (κ2) is 19.5. The predicted molar refractivity (Wildman–Crippen MR) is 214 cm³/mol. The molecule has 1 saturated heterocycles. The number of cyclic esters (lactones) is 1. The van der Waals surface area contributed by atoms with Gasteiger partial charge in [0.25, 0.3) is 0 Å². The van der Waals surface area contributed by atoms with Crippen LogP contribution in [0.1, 0.15) is 99.5 Å². The number of carbonyl (C=O) groups excluding carboxylic acids is 5. The lowest BCUT2D eigenvalue weighted by Crippen LogP contribution is -2.58. The van der Waals surface area contributed by atoms with Gasteiger partial charge in [-0.15, -0.1) is 11.8 Å². The summed E-state index contributed by atoms with van der Waals surface area (Å²) >= 11 is 1.59. The molecule has 14 heteroatoms. The molecule has 0 saturated carbocycles. The first-order valence-electron chi connectivity index (χ1n) is 19.8. The molecule has 0 aliphatic carbocycles. The Balaban J connectivity index is 1.61. The average molecular weight is 786 g/mol. The Morgan fingerprint density at radius 3 is 2.31 bits per heavy atom. The zero-order valence-corrected chi connectivity index (χ0v) is 34.9. The van der Waals surface area contributed by atoms with Gasteiger partial charge in [0.15, 0.2) is 0 Å². The van der Waals surface area contributed by atoms with Crippen molar-refractivity contribution in [2.24, 2.45) is 28.2 Å². The van der Waals surface area contributed by atoms with Crippen molar-refractivity contribution in [1.29, 1.82) is 0 Å². The number of fused-ring (bicyclic) bond motifs is 2. The van der Waals surface area contributed by atoms with Crippen LogP contribution in [0.5, 0.6) is 5.75 Å².